The van der Waals surface area contributed by atoms with Gasteiger partial charge < -0.3 is 10.0 Å². The second kappa shape index (κ2) is 9.57. The quantitative estimate of drug-likeness (QED) is 0.230. The van der Waals surface area contributed by atoms with Gasteiger partial charge in [-0.15, -0.1) is 0 Å². The van der Waals surface area contributed by atoms with Crippen LogP contribution in [0.3, 0.4) is 0 Å². The van der Waals surface area contributed by atoms with Crippen molar-refractivity contribution in [2.45, 2.75) is 45.1 Å². The van der Waals surface area contributed by atoms with Crippen LogP contribution in [0.2, 0.25) is 0 Å². The van der Waals surface area contributed by atoms with E-state index >= 15 is 0 Å². The summed E-state index contributed by atoms with van der Waals surface area (Å²) in [5.74, 6) is 4.88. The first kappa shape index (κ1) is 15.3. The van der Waals surface area contributed by atoms with E-state index in [0.29, 0.717) is 6.42 Å². The number of hydrogen-bond donors (Lipinski definition) is 3. The number of carbonyl (C=O) groups excluding carboxylic acids is 1. The summed E-state index contributed by atoms with van der Waals surface area (Å²) in [7, 11) is 2.05. The molecule has 0 saturated heterocycles. The van der Waals surface area contributed by atoms with Gasteiger partial charge in [0.15, 0.2) is 0 Å². The first-order valence-electron chi connectivity index (χ1n) is 5.92. The van der Waals surface area contributed by atoms with Crippen molar-refractivity contribution in [1.82, 2.24) is 10.3 Å². The third-order valence-electron chi connectivity index (χ3n) is 2.53. The smallest absolute Gasteiger partial charge is 0.233 e. The largest absolute Gasteiger partial charge is 0.393 e. The SMILES string of the molecule is CC(O)CCN(C)CCCCCC(=O)NN. The van der Waals surface area contributed by atoms with Crippen LogP contribution in [-0.2, 0) is 4.79 Å². The molecule has 5 nitrogen and oxygen atoms in total. The van der Waals surface area contributed by atoms with Crippen LogP contribution in [0.4, 0.5) is 0 Å². The molecule has 0 aromatic heterocycles. The Morgan fingerprint density at radius 1 is 1.38 bits per heavy atom. The van der Waals surface area contributed by atoms with Crippen LogP contribution in [0.5, 0.6) is 0 Å². The lowest BCUT2D eigenvalue weighted by Gasteiger charge is -2.17. The van der Waals surface area contributed by atoms with Gasteiger partial charge in [0, 0.05) is 13.0 Å². The molecule has 0 aliphatic rings. The van der Waals surface area contributed by atoms with E-state index in [4.69, 9.17) is 10.9 Å². The standard InChI is InChI=1S/C11H25N3O2/c1-10(15)7-9-14(2)8-5-3-4-6-11(16)13-12/h10,15H,3-9,12H2,1-2H3,(H,13,16). The van der Waals surface area contributed by atoms with Crippen LogP contribution < -0.4 is 11.3 Å². The molecule has 0 spiro atoms. The van der Waals surface area contributed by atoms with E-state index in [1.807, 2.05) is 0 Å². The minimum atomic E-state index is -0.226. The molecule has 0 heterocycles. The summed E-state index contributed by atoms with van der Waals surface area (Å²) in [6.45, 7) is 3.73. The lowest BCUT2D eigenvalue weighted by atomic mass is 10.2. The molecule has 1 amide bonds. The molecule has 1 atom stereocenters. The Kier molecular flexibility index (Phi) is 9.18. The third kappa shape index (κ3) is 9.89. The van der Waals surface area contributed by atoms with Crippen molar-refractivity contribution in [3.05, 3.63) is 0 Å². The fraction of sp³-hybridized carbons (Fsp3) is 0.909. The highest BCUT2D eigenvalue weighted by Crippen LogP contribution is 2.02. The molecular weight excluding hydrogens is 206 g/mol. The maximum Gasteiger partial charge on any atom is 0.233 e. The average Bonchev–Trinajstić information content (AvgIpc) is 2.25. The molecule has 1 unspecified atom stereocenters. The third-order valence-corrected chi connectivity index (χ3v) is 2.53. The summed E-state index contributed by atoms with van der Waals surface area (Å²) in [4.78, 5) is 13.0. The van der Waals surface area contributed by atoms with Crippen LogP contribution in [0.25, 0.3) is 0 Å². The molecule has 0 aromatic carbocycles. The maximum atomic E-state index is 10.8. The van der Waals surface area contributed by atoms with E-state index in [-0.39, 0.29) is 12.0 Å². The van der Waals surface area contributed by atoms with Gasteiger partial charge in [0.05, 0.1) is 6.10 Å². The van der Waals surface area contributed by atoms with Crippen molar-refractivity contribution in [3.8, 4) is 0 Å². The minimum absolute atomic E-state index is 0.0949. The van der Waals surface area contributed by atoms with Crippen molar-refractivity contribution in [2.75, 3.05) is 20.1 Å². The molecule has 0 aliphatic heterocycles. The predicted molar refractivity (Wildman–Crippen MR) is 64.6 cm³/mol. The Labute approximate surface area is 98.0 Å². The summed E-state index contributed by atoms with van der Waals surface area (Å²) < 4.78 is 0. The number of nitrogens with zero attached hydrogens (tertiary/aromatic N) is 1. The van der Waals surface area contributed by atoms with Gasteiger partial charge in [-0.05, 0) is 39.8 Å². The predicted octanol–water partition coefficient (Wildman–Crippen LogP) is 0.239. The van der Waals surface area contributed by atoms with Crippen molar-refractivity contribution in [3.63, 3.8) is 0 Å². The average molecular weight is 231 g/mol. The van der Waals surface area contributed by atoms with E-state index < -0.39 is 0 Å². The van der Waals surface area contributed by atoms with E-state index in [0.717, 1.165) is 38.8 Å². The van der Waals surface area contributed by atoms with E-state index in [1.54, 1.807) is 6.92 Å². The lowest BCUT2D eigenvalue weighted by molar-refractivity contribution is -0.121. The van der Waals surface area contributed by atoms with Gasteiger partial charge in [0.2, 0.25) is 5.91 Å². The number of unbranched alkanes of at least 4 members (excludes halogenated alkanes) is 2. The van der Waals surface area contributed by atoms with E-state index in [9.17, 15) is 4.79 Å². The maximum absolute atomic E-state index is 10.8. The summed E-state index contributed by atoms with van der Waals surface area (Å²) in [5, 5.41) is 9.12. The van der Waals surface area contributed by atoms with E-state index in [1.165, 1.54) is 0 Å². The Balaban J connectivity index is 3.27. The molecule has 16 heavy (non-hydrogen) atoms. The number of rotatable bonds is 9. The number of carbonyl (C=O) groups is 1. The number of amides is 1. The van der Waals surface area contributed by atoms with Crippen molar-refractivity contribution in [1.29, 1.82) is 0 Å². The zero-order chi connectivity index (χ0) is 12.4. The van der Waals surface area contributed by atoms with Gasteiger partial charge in [-0.25, -0.2) is 5.84 Å². The van der Waals surface area contributed by atoms with Crippen LogP contribution >= 0.6 is 0 Å². The van der Waals surface area contributed by atoms with E-state index in [2.05, 4.69) is 17.4 Å². The molecule has 0 aromatic rings. The summed E-state index contributed by atoms with van der Waals surface area (Å²) in [6, 6.07) is 0. The van der Waals surface area contributed by atoms with Gasteiger partial charge in [-0.1, -0.05) is 6.42 Å². The Morgan fingerprint density at radius 3 is 2.62 bits per heavy atom. The fourth-order valence-corrected chi connectivity index (χ4v) is 1.44. The number of hydrazine groups is 1. The fourth-order valence-electron chi connectivity index (χ4n) is 1.44. The van der Waals surface area contributed by atoms with Crippen molar-refractivity contribution in [2.24, 2.45) is 5.84 Å². The number of aliphatic hydroxyl groups excluding tert-OH is 1. The zero-order valence-corrected chi connectivity index (χ0v) is 10.4. The first-order chi connectivity index (χ1) is 7.56. The summed E-state index contributed by atoms with van der Waals surface area (Å²) in [6.07, 6.45) is 4.09. The Bertz CT molecular complexity index is 186. The molecule has 0 rings (SSSR count). The number of aliphatic hydroxyl groups is 1. The molecule has 0 radical (unpaired) electrons. The monoisotopic (exact) mass is 231 g/mol. The van der Waals surface area contributed by atoms with Crippen LogP contribution in [0, 0.1) is 0 Å². The van der Waals surface area contributed by atoms with Gasteiger partial charge in [-0.3, -0.25) is 10.2 Å². The molecule has 5 heteroatoms. The molecule has 0 aliphatic carbocycles. The van der Waals surface area contributed by atoms with Crippen LogP contribution in [0.1, 0.15) is 39.0 Å². The molecule has 0 fully saturated rings. The highest BCUT2D eigenvalue weighted by Gasteiger charge is 2.02. The molecule has 0 bridgehead atoms. The lowest BCUT2D eigenvalue weighted by Crippen LogP contribution is -2.29. The summed E-state index contributed by atoms with van der Waals surface area (Å²) >= 11 is 0. The second-order valence-corrected chi connectivity index (χ2v) is 4.32. The second-order valence-electron chi connectivity index (χ2n) is 4.32. The van der Waals surface area contributed by atoms with Crippen LogP contribution in [-0.4, -0.2) is 42.2 Å². The summed E-state index contributed by atoms with van der Waals surface area (Å²) in [5.41, 5.74) is 2.12. The van der Waals surface area contributed by atoms with Crippen molar-refractivity contribution >= 4 is 5.91 Å². The Morgan fingerprint density at radius 2 is 2.06 bits per heavy atom. The minimum Gasteiger partial charge on any atom is -0.393 e. The van der Waals surface area contributed by atoms with Gasteiger partial charge in [-0.2, -0.15) is 0 Å². The normalized spacial score (nSPS) is 12.8. The zero-order valence-electron chi connectivity index (χ0n) is 10.4. The van der Waals surface area contributed by atoms with Gasteiger partial charge >= 0.3 is 0 Å². The topological polar surface area (TPSA) is 78.6 Å². The molecule has 96 valence electrons. The highest BCUT2D eigenvalue weighted by molar-refractivity contribution is 5.74. The first-order valence-corrected chi connectivity index (χ1v) is 5.92. The number of hydrogen-bond acceptors (Lipinski definition) is 4. The van der Waals surface area contributed by atoms with Gasteiger partial charge in [0.1, 0.15) is 0 Å². The highest BCUT2D eigenvalue weighted by atomic mass is 16.3. The molecule has 4 N–H and O–H groups in total. The van der Waals surface area contributed by atoms with Gasteiger partial charge in [0.25, 0.3) is 0 Å². The number of nitrogens with one attached hydrogen (secondary N) is 1. The molecule has 0 saturated carbocycles. The number of nitrogens with two attached hydrogens (primary N) is 1. The van der Waals surface area contributed by atoms with Crippen LogP contribution in [0.15, 0.2) is 0 Å². The molecular formula is C11H25N3O2. The van der Waals surface area contributed by atoms with Crippen molar-refractivity contribution < 1.29 is 9.90 Å². The Hall–Kier alpha value is -0.650.